The first kappa shape index (κ1) is 13.2. The van der Waals surface area contributed by atoms with E-state index in [0.717, 1.165) is 18.5 Å². The van der Waals surface area contributed by atoms with Crippen LogP contribution in [-0.4, -0.2) is 21.8 Å². The maximum Gasteiger partial charge on any atom is 0.145 e. The molecule has 2 aromatic heterocycles. The number of aromatic nitrogens is 3. The van der Waals surface area contributed by atoms with Crippen molar-refractivity contribution in [1.29, 1.82) is 0 Å². The van der Waals surface area contributed by atoms with Crippen LogP contribution >= 0.6 is 23.2 Å². The van der Waals surface area contributed by atoms with Crippen molar-refractivity contribution in [2.75, 3.05) is 12.4 Å². The quantitative estimate of drug-likeness (QED) is 0.931. The van der Waals surface area contributed by atoms with Gasteiger partial charge in [0.15, 0.2) is 0 Å². The zero-order valence-electron chi connectivity index (χ0n) is 10.2. The van der Waals surface area contributed by atoms with Crippen LogP contribution in [0.5, 0.6) is 0 Å². The number of nitrogens with one attached hydrogen (secondary N) is 1. The van der Waals surface area contributed by atoms with E-state index in [0.29, 0.717) is 21.6 Å². The second-order valence-corrected chi connectivity index (χ2v) is 4.71. The molecule has 0 fully saturated rings. The minimum absolute atomic E-state index is 0.507. The van der Waals surface area contributed by atoms with Gasteiger partial charge in [0.25, 0.3) is 0 Å². The van der Waals surface area contributed by atoms with Crippen molar-refractivity contribution < 1.29 is 0 Å². The second kappa shape index (κ2) is 5.59. The van der Waals surface area contributed by atoms with Gasteiger partial charge >= 0.3 is 0 Å². The number of nitrogens with zero attached hydrogens (tertiary/aromatic N) is 3. The molecule has 0 unspecified atom stereocenters. The standard InChI is InChI=1S/C12H14Cl2N4/c1-3-4-18-7-8(6-16-18)11-9(13)5-10(14)12(15-2)17-11/h5-7H,3-4H2,1-2H3,(H,15,17). The molecule has 0 spiro atoms. The molecule has 0 atom stereocenters. The molecule has 0 amide bonds. The number of halogens is 2. The second-order valence-electron chi connectivity index (χ2n) is 3.89. The Morgan fingerprint density at radius 1 is 1.33 bits per heavy atom. The fourth-order valence-electron chi connectivity index (χ4n) is 1.68. The van der Waals surface area contributed by atoms with Crippen LogP contribution in [0.2, 0.25) is 10.0 Å². The van der Waals surface area contributed by atoms with Gasteiger partial charge in [-0.3, -0.25) is 4.68 Å². The number of rotatable bonds is 4. The zero-order chi connectivity index (χ0) is 13.1. The molecular weight excluding hydrogens is 271 g/mol. The molecule has 18 heavy (non-hydrogen) atoms. The average Bonchev–Trinajstić information content (AvgIpc) is 2.78. The highest BCUT2D eigenvalue weighted by atomic mass is 35.5. The fraction of sp³-hybridized carbons (Fsp3) is 0.333. The van der Waals surface area contributed by atoms with Crippen LogP contribution < -0.4 is 5.32 Å². The Morgan fingerprint density at radius 2 is 2.11 bits per heavy atom. The molecule has 0 aliphatic carbocycles. The van der Waals surface area contributed by atoms with Gasteiger partial charge < -0.3 is 5.32 Å². The van der Waals surface area contributed by atoms with Gasteiger partial charge in [0.05, 0.1) is 21.9 Å². The van der Waals surface area contributed by atoms with Crippen molar-refractivity contribution in [3.8, 4) is 11.3 Å². The van der Waals surface area contributed by atoms with Crippen LogP contribution in [0, 0.1) is 0 Å². The van der Waals surface area contributed by atoms with E-state index >= 15 is 0 Å². The molecule has 0 radical (unpaired) electrons. The summed E-state index contributed by atoms with van der Waals surface area (Å²) in [6, 6.07) is 1.69. The topological polar surface area (TPSA) is 42.7 Å². The molecule has 4 nitrogen and oxygen atoms in total. The number of pyridine rings is 1. The van der Waals surface area contributed by atoms with E-state index in [-0.39, 0.29) is 0 Å². The van der Waals surface area contributed by atoms with E-state index in [4.69, 9.17) is 23.2 Å². The number of aryl methyl sites for hydroxylation is 1. The monoisotopic (exact) mass is 284 g/mol. The van der Waals surface area contributed by atoms with Gasteiger partial charge in [-0.05, 0) is 12.5 Å². The summed E-state index contributed by atoms with van der Waals surface area (Å²) in [5, 5.41) is 8.23. The Labute approximate surface area is 116 Å². The van der Waals surface area contributed by atoms with Crippen molar-refractivity contribution in [1.82, 2.24) is 14.8 Å². The van der Waals surface area contributed by atoms with E-state index in [2.05, 4.69) is 22.3 Å². The van der Waals surface area contributed by atoms with Gasteiger partial charge in [0.2, 0.25) is 0 Å². The largest absolute Gasteiger partial charge is 0.372 e. The molecule has 2 heterocycles. The highest BCUT2D eigenvalue weighted by Crippen LogP contribution is 2.31. The summed E-state index contributed by atoms with van der Waals surface area (Å²) in [4.78, 5) is 4.41. The minimum atomic E-state index is 0.507. The lowest BCUT2D eigenvalue weighted by atomic mass is 10.2. The van der Waals surface area contributed by atoms with Crippen LogP contribution in [0.3, 0.4) is 0 Å². The van der Waals surface area contributed by atoms with Gasteiger partial charge in [-0.2, -0.15) is 5.10 Å². The summed E-state index contributed by atoms with van der Waals surface area (Å²) < 4.78 is 1.88. The Bertz CT molecular complexity index is 551. The van der Waals surface area contributed by atoms with Crippen LogP contribution in [0.15, 0.2) is 18.5 Å². The molecule has 0 bridgehead atoms. The van der Waals surface area contributed by atoms with E-state index in [1.54, 1.807) is 19.3 Å². The highest BCUT2D eigenvalue weighted by Gasteiger charge is 2.12. The summed E-state index contributed by atoms with van der Waals surface area (Å²) in [6.07, 6.45) is 4.73. The molecule has 0 aliphatic heterocycles. The van der Waals surface area contributed by atoms with E-state index in [1.165, 1.54) is 0 Å². The number of hydrogen-bond acceptors (Lipinski definition) is 3. The minimum Gasteiger partial charge on any atom is -0.372 e. The Hall–Kier alpha value is -1.26. The lowest BCUT2D eigenvalue weighted by Gasteiger charge is -2.06. The third-order valence-corrected chi connectivity index (χ3v) is 3.10. The van der Waals surface area contributed by atoms with Crippen molar-refractivity contribution in [2.24, 2.45) is 0 Å². The smallest absolute Gasteiger partial charge is 0.145 e. The molecule has 96 valence electrons. The first-order valence-corrected chi connectivity index (χ1v) is 6.48. The normalized spacial score (nSPS) is 10.7. The summed E-state index contributed by atoms with van der Waals surface area (Å²) in [5.41, 5.74) is 1.58. The SMILES string of the molecule is CCCn1cc(-c2nc(NC)c(Cl)cc2Cl)cn1. The molecular formula is C12H14Cl2N4. The maximum absolute atomic E-state index is 6.17. The first-order chi connectivity index (χ1) is 8.65. The van der Waals surface area contributed by atoms with Crippen molar-refractivity contribution in [2.45, 2.75) is 19.9 Å². The number of hydrogen-bond donors (Lipinski definition) is 1. The van der Waals surface area contributed by atoms with Gasteiger partial charge in [-0.25, -0.2) is 4.98 Å². The molecule has 0 saturated carbocycles. The molecule has 2 aromatic rings. The Kier molecular flexibility index (Phi) is 4.09. The molecule has 6 heteroatoms. The molecule has 2 rings (SSSR count). The highest BCUT2D eigenvalue weighted by molar-refractivity contribution is 6.37. The van der Waals surface area contributed by atoms with Crippen molar-refractivity contribution in [3.05, 3.63) is 28.5 Å². The Morgan fingerprint density at radius 3 is 2.78 bits per heavy atom. The van der Waals surface area contributed by atoms with Crippen LogP contribution in [0.25, 0.3) is 11.3 Å². The summed E-state index contributed by atoms with van der Waals surface area (Å²) in [7, 11) is 1.77. The van der Waals surface area contributed by atoms with Gasteiger partial charge in [-0.1, -0.05) is 30.1 Å². The van der Waals surface area contributed by atoms with E-state index in [9.17, 15) is 0 Å². The van der Waals surface area contributed by atoms with Crippen molar-refractivity contribution in [3.63, 3.8) is 0 Å². The van der Waals surface area contributed by atoms with Crippen LogP contribution in [0.1, 0.15) is 13.3 Å². The van der Waals surface area contributed by atoms with Crippen LogP contribution in [0.4, 0.5) is 5.82 Å². The molecule has 0 aromatic carbocycles. The van der Waals surface area contributed by atoms with Gasteiger partial charge in [0.1, 0.15) is 5.82 Å². The zero-order valence-corrected chi connectivity index (χ0v) is 11.8. The van der Waals surface area contributed by atoms with E-state index in [1.807, 2.05) is 10.9 Å². The molecule has 0 aliphatic rings. The third-order valence-electron chi connectivity index (χ3n) is 2.53. The maximum atomic E-state index is 6.17. The average molecular weight is 285 g/mol. The summed E-state index contributed by atoms with van der Waals surface area (Å²) in [6.45, 7) is 2.98. The van der Waals surface area contributed by atoms with Crippen LogP contribution in [-0.2, 0) is 6.54 Å². The Balaban J connectivity index is 2.42. The first-order valence-electron chi connectivity index (χ1n) is 5.72. The lowest BCUT2D eigenvalue weighted by Crippen LogP contribution is -1.96. The fourth-order valence-corrected chi connectivity index (χ4v) is 2.24. The van der Waals surface area contributed by atoms with Crippen molar-refractivity contribution >= 4 is 29.0 Å². The number of anilines is 1. The molecule has 1 N–H and O–H groups in total. The van der Waals surface area contributed by atoms with E-state index < -0.39 is 0 Å². The molecule has 0 saturated heterocycles. The summed E-state index contributed by atoms with van der Waals surface area (Å²) >= 11 is 12.2. The summed E-state index contributed by atoms with van der Waals surface area (Å²) in [5.74, 6) is 0.610. The predicted molar refractivity (Wildman–Crippen MR) is 75.3 cm³/mol. The van der Waals surface area contributed by atoms with Gasteiger partial charge in [0, 0.05) is 25.4 Å². The van der Waals surface area contributed by atoms with Gasteiger partial charge in [-0.15, -0.1) is 0 Å². The lowest BCUT2D eigenvalue weighted by molar-refractivity contribution is 0.603. The predicted octanol–water partition coefficient (Wildman–Crippen LogP) is 3.70. The third kappa shape index (κ3) is 2.60.